The minimum Gasteiger partial charge on any atom is -0.365 e. The van der Waals surface area contributed by atoms with Crippen molar-refractivity contribution in [3.8, 4) is 0 Å². The van der Waals surface area contributed by atoms with Gasteiger partial charge in [0.05, 0.1) is 15.7 Å². The first-order valence-electron chi connectivity index (χ1n) is 8.53. The smallest absolute Gasteiger partial charge is 0.365 e. The van der Waals surface area contributed by atoms with Crippen molar-refractivity contribution in [1.29, 1.82) is 0 Å². The predicted molar refractivity (Wildman–Crippen MR) is 102 cm³/mol. The van der Waals surface area contributed by atoms with Gasteiger partial charge in [-0.15, -0.1) is 11.3 Å². The van der Waals surface area contributed by atoms with Gasteiger partial charge in [0.15, 0.2) is 5.69 Å². The molecule has 152 valence electrons. The number of primary amides is 1. The van der Waals surface area contributed by atoms with Crippen molar-refractivity contribution in [3.05, 3.63) is 31.9 Å². The molecule has 6 nitrogen and oxygen atoms in total. The van der Waals surface area contributed by atoms with E-state index in [0.29, 0.717) is 22.9 Å². The number of carbonyl (C=O) groups is 2. The van der Waals surface area contributed by atoms with E-state index in [4.69, 9.17) is 5.73 Å². The van der Waals surface area contributed by atoms with E-state index < -0.39 is 30.2 Å². The summed E-state index contributed by atoms with van der Waals surface area (Å²) >= 11 is 4.17. The average molecular weight is 479 g/mol. The number of hydrogen-bond acceptors (Lipinski definition) is 4. The molecule has 0 saturated carbocycles. The Hall–Kier alpha value is -1.88. The standard InChI is InChI=1S/C17H18BrF3N4O2S/c1-7-3-4-9-10(5-7)28-16(12(9)15(22)27)23-11(26)6-25-8(2)13(18)14(24-25)17(19,20)21/h7H,3-6H2,1-2H3,(H2,22,27)(H,23,26)/t7-/m0/s1. The number of nitrogens with one attached hydrogen (secondary N) is 1. The second-order valence-electron chi connectivity index (χ2n) is 6.87. The van der Waals surface area contributed by atoms with Gasteiger partial charge in [0.2, 0.25) is 5.91 Å². The minimum absolute atomic E-state index is 0.178. The van der Waals surface area contributed by atoms with Gasteiger partial charge in [-0.05, 0) is 53.6 Å². The van der Waals surface area contributed by atoms with Crippen LogP contribution in [0.3, 0.4) is 0 Å². The minimum atomic E-state index is -4.63. The molecule has 0 bridgehead atoms. The summed E-state index contributed by atoms with van der Waals surface area (Å²) in [5.74, 6) is -0.735. The van der Waals surface area contributed by atoms with Crippen LogP contribution in [0.5, 0.6) is 0 Å². The Morgan fingerprint density at radius 2 is 2.11 bits per heavy atom. The summed E-state index contributed by atoms with van der Waals surface area (Å²) in [4.78, 5) is 25.4. The van der Waals surface area contributed by atoms with E-state index in [-0.39, 0.29) is 10.2 Å². The average Bonchev–Trinajstić information content (AvgIpc) is 3.05. The number of hydrogen-bond donors (Lipinski definition) is 2. The molecule has 0 aliphatic heterocycles. The Kier molecular flexibility index (Phi) is 5.59. The number of anilines is 1. The van der Waals surface area contributed by atoms with Crippen LogP contribution >= 0.6 is 27.3 Å². The van der Waals surface area contributed by atoms with Crippen LogP contribution in [0, 0.1) is 12.8 Å². The van der Waals surface area contributed by atoms with Crippen molar-refractivity contribution in [3.63, 3.8) is 0 Å². The van der Waals surface area contributed by atoms with Gasteiger partial charge in [-0.25, -0.2) is 0 Å². The second-order valence-corrected chi connectivity index (χ2v) is 8.77. The SMILES string of the molecule is Cc1c(Br)c(C(F)(F)F)nn1CC(=O)Nc1sc2c(c1C(N)=O)CC[C@H](C)C2. The molecule has 0 fully saturated rings. The fourth-order valence-corrected chi connectivity index (χ4v) is 5.20. The number of fused-ring (bicyclic) bond motifs is 1. The third-order valence-corrected chi connectivity index (χ3v) is 6.83. The van der Waals surface area contributed by atoms with Crippen LogP contribution in [0.25, 0.3) is 0 Å². The van der Waals surface area contributed by atoms with Crippen molar-refractivity contribution in [2.24, 2.45) is 11.7 Å². The summed E-state index contributed by atoms with van der Waals surface area (Å²) in [6.07, 6.45) is -2.19. The van der Waals surface area contributed by atoms with Crippen molar-refractivity contribution < 1.29 is 22.8 Å². The first-order chi connectivity index (χ1) is 13.0. The lowest BCUT2D eigenvalue weighted by Crippen LogP contribution is -2.23. The normalized spacial score (nSPS) is 16.7. The highest BCUT2D eigenvalue weighted by atomic mass is 79.9. The van der Waals surface area contributed by atoms with Crippen LogP contribution in [0.2, 0.25) is 0 Å². The lowest BCUT2D eigenvalue weighted by molar-refractivity contribution is -0.142. The van der Waals surface area contributed by atoms with Gasteiger partial charge >= 0.3 is 6.18 Å². The van der Waals surface area contributed by atoms with Gasteiger partial charge in [0.25, 0.3) is 5.91 Å². The highest BCUT2D eigenvalue weighted by molar-refractivity contribution is 9.10. The van der Waals surface area contributed by atoms with Crippen molar-refractivity contribution in [1.82, 2.24) is 9.78 Å². The zero-order valence-corrected chi connectivity index (χ0v) is 17.5. The summed E-state index contributed by atoms with van der Waals surface area (Å²) < 4.78 is 39.7. The van der Waals surface area contributed by atoms with Crippen LogP contribution in [0.1, 0.15) is 45.5 Å². The van der Waals surface area contributed by atoms with Gasteiger partial charge < -0.3 is 11.1 Å². The molecule has 1 aliphatic rings. The number of halogens is 4. The Bertz CT molecular complexity index is 951. The fourth-order valence-electron chi connectivity index (χ4n) is 3.26. The van der Waals surface area contributed by atoms with Crippen LogP contribution in [0.4, 0.5) is 18.2 Å². The van der Waals surface area contributed by atoms with E-state index in [0.717, 1.165) is 28.0 Å². The van der Waals surface area contributed by atoms with E-state index in [1.54, 1.807) is 0 Å². The lowest BCUT2D eigenvalue weighted by Gasteiger charge is -2.18. The Labute approximate surface area is 171 Å². The first-order valence-corrected chi connectivity index (χ1v) is 10.1. The van der Waals surface area contributed by atoms with E-state index >= 15 is 0 Å². The fraction of sp³-hybridized carbons (Fsp3) is 0.471. The molecule has 11 heteroatoms. The number of alkyl halides is 3. The number of nitrogens with two attached hydrogens (primary N) is 1. The third kappa shape index (κ3) is 3.95. The zero-order valence-electron chi connectivity index (χ0n) is 15.1. The van der Waals surface area contributed by atoms with Gasteiger partial charge in [-0.1, -0.05) is 6.92 Å². The summed E-state index contributed by atoms with van der Waals surface area (Å²) in [5.41, 5.74) is 5.76. The molecule has 0 aromatic carbocycles. The van der Waals surface area contributed by atoms with Crippen LogP contribution < -0.4 is 11.1 Å². The van der Waals surface area contributed by atoms with Gasteiger partial charge in [-0.2, -0.15) is 18.3 Å². The summed E-state index contributed by atoms with van der Waals surface area (Å²) in [6.45, 7) is 3.12. The molecular weight excluding hydrogens is 461 g/mol. The van der Waals surface area contributed by atoms with Crippen LogP contribution in [-0.2, 0) is 30.4 Å². The Morgan fingerprint density at radius 1 is 1.43 bits per heavy atom. The second kappa shape index (κ2) is 7.51. The van der Waals surface area contributed by atoms with Gasteiger partial charge in [0, 0.05) is 4.88 Å². The molecule has 0 unspecified atom stereocenters. The zero-order chi connectivity index (χ0) is 20.8. The highest BCUT2D eigenvalue weighted by Gasteiger charge is 2.38. The number of carbonyl (C=O) groups excluding carboxylic acids is 2. The molecule has 0 radical (unpaired) electrons. The van der Waals surface area contributed by atoms with Crippen molar-refractivity contribution in [2.45, 2.75) is 45.8 Å². The maximum atomic E-state index is 13.0. The molecule has 2 amide bonds. The maximum absolute atomic E-state index is 13.0. The maximum Gasteiger partial charge on any atom is 0.436 e. The Balaban J connectivity index is 1.84. The Morgan fingerprint density at radius 3 is 2.68 bits per heavy atom. The molecular formula is C17H18BrF3N4O2S. The highest BCUT2D eigenvalue weighted by Crippen LogP contribution is 2.39. The monoisotopic (exact) mass is 478 g/mol. The van der Waals surface area contributed by atoms with Crippen molar-refractivity contribution >= 4 is 44.1 Å². The summed E-state index contributed by atoms with van der Waals surface area (Å²) in [5, 5.41) is 6.46. The lowest BCUT2D eigenvalue weighted by atomic mass is 9.88. The third-order valence-electron chi connectivity index (χ3n) is 4.71. The molecule has 2 aromatic rings. The number of nitrogens with zero attached hydrogens (tertiary/aromatic N) is 2. The molecule has 3 rings (SSSR count). The predicted octanol–water partition coefficient (Wildman–Crippen LogP) is 3.90. The summed E-state index contributed by atoms with van der Waals surface area (Å²) in [6, 6.07) is 0. The van der Waals surface area contributed by atoms with E-state index in [2.05, 4.69) is 33.3 Å². The molecule has 2 heterocycles. The quantitative estimate of drug-likeness (QED) is 0.697. The molecule has 0 spiro atoms. The number of amides is 2. The van der Waals surface area contributed by atoms with E-state index in [9.17, 15) is 22.8 Å². The number of thiophene rings is 1. The van der Waals surface area contributed by atoms with Crippen LogP contribution in [-0.4, -0.2) is 21.6 Å². The van der Waals surface area contributed by atoms with E-state index in [1.807, 2.05) is 0 Å². The molecule has 1 aliphatic carbocycles. The van der Waals surface area contributed by atoms with Crippen LogP contribution in [0.15, 0.2) is 4.47 Å². The summed E-state index contributed by atoms with van der Waals surface area (Å²) in [7, 11) is 0. The molecule has 0 saturated heterocycles. The largest absolute Gasteiger partial charge is 0.436 e. The molecule has 28 heavy (non-hydrogen) atoms. The molecule has 1 atom stereocenters. The van der Waals surface area contributed by atoms with E-state index in [1.165, 1.54) is 18.3 Å². The number of rotatable bonds is 4. The topological polar surface area (TPSA) is 90.0 Å². The van der Waals surface area contributed by atoms with Gasteiger partial charge in [-0.3, -0.25) is 14.3 Å². The molecule has 3 N–H and O–H groups in total. The molecule has 2 aromatic heterocycles. The van der Waals surface area contributed by atoms with Crippen molar-refractivity contribution in [2.75, 3.05) is 5.32 Å². The van der Waals surface area contributed by atoms with Gasteiger partial charge in [0.1, 0.15) is 11.5 Å². The number of aromatic nitrogens is 2. The first kappa shape index (κ1) is 20.8.